The molecule has 7 nitrogen and oxygen atoms in total. The predicted octanol–water partition coefficient (Wildman–Crippen LogP) is 3.75. The van der Waals surface area contributed by atoms with Crippen LogP contribution in [-0.4, -0.2) is 27.6 Å². The molecule has 2 aliphatic rings. The Hall–Kier alpha value is -2.38. The number of fused-ring (bicyclic) bond motifs is 1. The second-order valence-corrected chi connectivity index (χ2v) is 9.91. The number of hydrogen-bond acceptors (Lipinski definition) is 4. The lowest BCUT2D eigenvalue weighted by atomic mass is 9.83. The summed E-state index contributed by atoms with van der Waals surface area (Å²) in [6, 6.07) is 9.32. The van der Waals surface area contributed by atoms with Crippen molar-refractivity contribution in [3.05, 3.63) is 46.6 Å². The molecule has 166 valence electrons. The molecule has 1 aromatic heterocycles. The lowest BCUT2D eigenvalue weighted by Crippen LogP contribution is -2.59. The van der Waals surface area contributed by atoms with E-state index in [-0.39, 0.29) is 35.6 Å². The number of nitrogens with zero attached hydrogens (tertiary/aromatic N) is 2. The van der Waals surface area contributed by atoms with Gasteiger partial charge in [0.05, 0.1) is 18.0 Å². The van der Waals surface area contributed by atoms with Crippen LogP contribution in [-0.2, 0) is 21.4 Å². The molecule has 3 atom stereocenters. The van der Waals surface area contributed by atoms with Crippen LogP contribution < -0.4 is 16.0 Å². The fourth-order valence-electron chi connectivity index (χ4n) is 4.32. The molecule has 1 aromatic carbocycles. The second-order valence-electron chi connectivity index (χ2n) is 9.50. The lowest BCUT2D eigenvalue weighted by Gasteiger charge is -2.40. The van der Waals surface area contributed by atoms with Gasteiger partial charge in [0.15, 0.2) is 6.29 Å². The Balaban J connectivity index is 1.58. The van der Waals surface area contributed by atoms with Crippen molar-refractivity contribution in [2.24, 2.45) is 5.92 Å². The molecule has 2 aromatic rings. The number of aromatic nitrogens is 2. The average molecular weight is 444 g/mol. The molecule has 3 unspecified atom stereocenters. The van der Waals surface area contributed by atoms with E-state index in [4.69, 9.17) is 16.7 Å². The van der Waals surface area contributed by atoms with Gasteiger partial charge in [-0.1, -0.05) is 63.4 Å². The van der Waals surface area contributed by atoms with Crippen molar-refractivity contribution >= 4 is 29.2 Å². The van der Waals surface area contributed by atoms with Crippen LogP contribution in [0.4, 0.5) is 5.82 Å². The Bertz CT molecular complexity index is 981. The number of hydrogen-bond donors (Lipinski definition) is 3. The summed E-state index contributed by atoms with van der Waals surface area (Å²) in [7, 11) is 0. The Morgan fingerprint density at radius 2 is 2.00 bits per heavy atom. The van der Waals surface area contributed by atoms with E-state index in [1.807, 2.05) is 24.3 Å². The van der Waals surface area contributed by atoms with E-state index in [0.717, 1.165) is 36.9 Å². The van der Waals surface area contributed by atoms with Gasteiger partial charge in [0.25, 0.3) is 0 Å². The van der Waals surface area contributed by atoms with E-state index in [1.54, 1.807) is 10.7 Å². The third kappa shape index (κ3) is 4.77. The monoisotopic (exact) mass is 443 g/mol. The van der Waals surface area contributed by atoms with Crippen molar-refractivity contribution in [1.29, 1.82) is 0 Å². The van der Waals surface area contributed by atoms with Crippen molar-refractivity contribution in [3.63, 3.8) is 0 Å². The molecule has 1 saturated heterocycles. The first-order valence-corrected chi connectivity index (χ1v) is 11.3. The van der Waals surface area contributed by atoms with Gasteiger partial charge in [0.1, 0.15) is 5.82 Å². The molecular formula is C23H30ClN5O2. The highest BCUT2D eigenvalue weighted by Gasteiger charge is 2.39. The van der Waals surface area contributed by atoms with Gasteiger partial charge in [-0.25, -0.2) is 4.68 Å². The predicted molar refractivity (Wildman–Crippen MR) is 121 cm³/mol. The van der Waals surface area contributed by atoms with E-state index < -0.39 is 6.29 Å². The van der Waals surface area contributed by atoms with Crippen LogP contribution in [0.25, 0.3) is 0 Å². The minimum Gasteiger partial charge on any atom is -0.322 e. The largest absolute Gasteiger partial charge is 0.322 e. The van der Waals surface area contributed by atoms with Crippen molar-refractivity contribution in [2.75, 3.05) is 5.32 Å². The molecule has 31 heavy (non-hydrogen) atoms. The van der Waals surface area contributed by atoms with Crippen LogP contribution in [0.3, 0.4) is 0 Å². The molecule has 0 spiro atoms. The highest BCUT2D eigenvalue weighted by Crippen LogP contribution is 2.31. The Morgan fingerprint density at radius 1 is 1.26 bits per heavy atom. The number of carbonyl (C=O) groups is 2. The topological polar surface area (TPSA) is 88.0 Å². The average Bonchev–Trinajstić information content (AvgIpc) is 3.14. The fourth-order valence-corrected chi connectivity index (χ4v) is 4.52. The summed E-state index contributed by atoms with van der Waals surface area (Å²) in [6.07, 6.45) is 3.73. The second kappa shape index (κ2) is 8.63. The van der Waals surface area contributed by atoms with E-state index >= 15 is 0 Å². The number of nitrogens with one attached hydrogen (secondary N) is 3. The minimum absolute atomic E-state index is 0.000845. The molecule has 0 bridgehead atoms. The van der Waals surface area contributed by atoms with Crippen LogP contribution in [0.15, 0.2) is 30.3 Å². The Kier molecular flexibility index (Phi) is 6.08. The minimum atomic E-state index is -0.501. The highest BCUT2D eigenvalue weighted by molar-refractivity contribution is 6.31. The van der Waals surface area contributed by atoms with Crippen molar-refractivity contribution in [2.45, 2.75) is 70.6 Å². The molecule has 1 aliphatic heterocycles. The van der Waals surface area contributed by atoms with Crippen LogP contribution in [0.5, 0.6) is 0 Å². The van der Waals surface area contributed by atoms with Gasteiger partial charge in [-0.05, 0) is 24.5 Å². The normalized spacial score (nSPS) is 23.7. The zero-order valence-electron chi connectivity index (χ0n) is 18.2. The summed E-state index contributed by atoms with van der Waals surface area (Å²) in [4.78, 5) is 25.5. The molecule has 2 amide bonds. The van der Waals surface area contributed by atoms with Gasteiger partial charge in [-0.3, -0.25) is 14.9 Å². The molecule has 1 saturated carbocycles. The summed E-state index contributed by atoms with van der Waals surface area (Å²) in [6.45, 7) is 6.21. The molecule has 1 aliphatic carbocycles. The summed E-state index contributed by atoms with van der Waals surface area (Å²) >= 11 is 6.21. The molecular weight excluding hydrogens is 414 g/mol. The molecule has 4 rings (SSSR count). The fraction of sp³-hybridized carbons (Fsp3) is 0.522. The van der Waals surface area contributed by atoms with Crippen LogP contribution in [0.2, 0.25) is 5.02 Å². The van der Waals surface area contributed by atoms with Gasteiger partial charge < -0.3 is 10.6 Å². The van der Waals surface area contributed by atoms with Gasteiger partial charge in [-0.2, -0.15) is 5.10 Å². The molecule has 2 fully saturated rings. The number of amides is 2. The van der Waals surface area contributed by atoms with Crippen LogP contribution >= 0.6 is 11.6 Å². The number of carbonyl (C=O) groups excluding carboxylic acids is 2. The van der Waals surface area contributed by atoms with Crippen molar-refractivity contribution < 1.29 is 9.59 Å². The van der Waals surface area contributed by atoms with Gasteiger partial charge in [0.2, 0.25) is 11.8 Å². The van der Waals surface area contributed by atoms with E-state index in [1.165, 1.54) is 0 Å². The quantitative estimate of drug-likeness (QED) is 0.671. The smallest absolute Gasteiger partial charge is 0.229 e. The lowest BCUT2D eigenvalue weighted by molar-refractivity contribution is -0.132. The van der Waals surface area contributed by atoms with E-state index in [9.17, 15) is 9.59 Å². The standard InChI is InChI=1S/C23H30ClN5O2/c1-23(2,3)18-13-19(26-20(30)12-14-8-4-6-10-16(14)24)29(28-18)22-25-17-11-7-5-9-15(17)21(31)27-22/h4,6,8,10,13,15,17,22,25H,5,7,9,11-12H2,1-3H3,(H,26,30)(H,27,31). The summed E-state index contributed by atoms with van der Waals surface area (Å²) in [5.74, 6) is 0.414. The van der Waals surface area contributed by atoms with Gasteiger partial charge in [0, 0.05) is 22.5 Å². The highest BCUT2D eigenvalue weighted by atomic mass is 35.5. The number of benzene rings is 1. The molecule has 8 heteroatoms. The summed E-state index contributed by atoms with van der Waals surface area (Å²) in [5.41, 5.74) is 1.39. The maximum absolute atomic E-state index is 12.8. The molecule has 0 radical (unpaired) electrons. The zero-order valence-corrected chi connectivity index (χ0v) is 19.0. The van der Waals surface area contributed by atoms with Crippen molar-refractivity contribution in [1.82, 2.24) is 20.4 Å². The SMILES string of the molecule is CC(C)(C)c1cc(NC(=O)Cc2ccccc2Cl)n(C2NC(=O)C3CCCCC3N2)n1. The van der Waals surface area contributed by atoms with E-state index in [2.05, 4.69) is 36.7 Å². The van der Waals surface area contributed by atoms with Crippen LogP contribution in [0, 0.1) is 5.92 Å². The summed E-state index contributed by atoms with van der Waals surface area (Å²) in [5, 5.41) is 14.9. The van der Waals surface area contributed by atoms with Gasteiger partial charge >= 0.3 is 0 Å². The zero-order chi connectivity index (χ0) is 22.2. The third-order valence-corrected chi connectivity index (χ3v) is 6.45. The number of halogens is 1. The van der Waals surface area contributed by atoms with E-state index in [0.29, 0.717) is 10.8 Å². The van der Waals surface area contributed by atoms with Crippen LogP contribution in [0.1, 0.15) is 64.0 Å². The number of rotatable bonds is 4. The first-order valence-electron chi connectivity index (χ1n) is 10.9. The Morgan fingerprint density at radius 3 is 2.74 bits per heavy atom. The Labute approximate surface area is 187 Å². The number of anilines is 1. The first kappa shape index (κ1) is 21.8. The third-order valence-electron chi connectivity index (χ3n) is 6.08. The van der Waals surface area contributed by atoms with Crippen molar-refractivity contribution in [3.8, 4) is 0 Å². The van der Waals surface area contributed by atoms with Gasteiger partial charge in [-0.15, -0.1) is 0 Å². The molecule has 3 N–H and O–H groups in total. The summed E-state index contributed by atoms with van der Waals surface area (Å²) < 4.78 is 1.69. The maximum Gasteiger partial charge on any atom is 0.229 e. The first-order chi connectivity index (χ1) is 14.7. The maximum atomic E-state index is 12.8. The molecule has 2 heterocycles.